The summed E-state index contributed by atoms with van der Waals surface area (Å²) in [6.07, 6.45) is 52.6. The second kappa shape index (κ2) is 50.7. The monoisotopic (exact) mass is 1050 g/mol. The third-order valence-corrected chi connectivity index (χ3v) is 12.9. The van der Waals surface area contributed by atoms with Crippen molar-refractivity contribution in [2.45, 2.75) is 276 Å². The number of ether oxygens (including phenoxy) is 5. The molecule has 0 spiro atoms. The van der Waals surface area contributed by atoms with Gasteiger partial charge in [0.25, 0.3) is 0 Å². The molecule has 0 aromatic carbocycles. The lowest BCUT2D eigenvalue weighted by molar-refractivity contribution is -0.301. The molecular weight excluding hydrogens is 949 g/mol. The van der Waals surface area contributed by atoms with Crippen LogP contribution in [0.3, 0.4) is 0 Å². The Morgan fingerprint density at radius 2 is 0.867 bits per heavy atom. The van der Waals surface area contributed by atoms with Gasteiger partial charge in [0, 0.05) is 19.3 Å². The highest BCUT2D eigenvalue weighted by Crippen LogP contribution is 2.26. The second-order valence-electron chi connectivity index (χ2n) is 19.9. The highest BCUT2D eigenvalue weighted by molar-refractivity contribution is 5.74. The molecule has 428 valence electrons. The number of hydrogen-bond donors (Lipinski definition) is 3. The summed E-state index contributed by atoms with van der Waals surface area (Å²) >= 11 is 0. The number of aliphatic carboxylic acids is 1. The number of aliphatic hydroxyl groups is 2. The lowest BCUT2D eigenvalue weighted by Gasteiger charge is -2.40. The van der Waals surface area contributed by atoms with Crippen molar-refractivity contribution in [3.05, 3.63) is 85.1 Å². The summed E-state index contributed by atoms with van der Waals surface area (Å²) in [4.78, 5) is 51.1. The molecule has 75 heavy (non-hydrogen) atoms. The Bertz CT molecular complexity index is 1630. The smallest absolute Gasteiger partial charge is 0.335 e. The Labute approximate surface area is 454 Å². The quantitative estimate of drug-likeness (QED) is 0.0228. The Morgan fingerprint density at radius 3 is 1.35 bits per heavy atom. The van der Waals surface area contributed by atoms with Gasteiger partial charge in [-0.05, 0) is 89.9 Å². The van der Waals surface area contributed by atoms with Gasteiger partial charge in [0.15, 0.2) is 24.6 Å². The van der Waals surface area contributed by atoms with Crippen molar-refractivity contribution in [1.29, 1.82) is 0 Å². The van der Waals surface area contributed by atoms with E-state index in [4.69, 9.17) is 23.7 Å². The molecule has 1 heterocycles. The predicted molar refractivity (Wildman–Crippen MR) is 303 cm³/mol. The van der Waals surface area contributed by atoms with Crippen molar-refractivity contribution in [1.82, 2.24) is 0 Å². The van der Waals surface area contributed by atoms with Crippen LogP contribution in [0.15, 0.2) is 85.1 Å². The molecule has 6 atom stereocenters. The number of carbonyl (C=O) groups is 4. The van der Waals surface area contributed by atoms with Crippen LogP contribution in [0.4, 0.5) is 0 Å². The molecule has 12 heteroatoms. The first-order valence-corrected chi connectivity index (χ1v) is 29.6. The number of hydrogen-bond acceptors (Lipinski definition) is 11. The van der Waals surface area contributed by atoms with E-state index in [1.807, 2.05) is 0 Å². The molecule has 12 nitrogen and oxygen atoms in total. The van der Waals surface area contributed by atoms with Crippen LogP contribution in [0.1, 0.15) is 239 Å². The number of rotatable bonds is 49. The minimum Gasteiger partial charge on any atom is -0.479 e. The van der Waals surface area contributed by atoms with E-state index in [2.05, 4.69) is 106 Å². The van der Waals surface area contributed by atoms with E-state index >= 15 is 0 Å². The van der Waals surface area contributed by atoms with Crippen LogP contribution in [0, 0.1) is 0 Å². The first kappa shape index (κ1) is 68.9. The van der Waals surface area contributed by atoms with Crippen LogP contribution in [0.25, 0.3) is 0 Å². The molecule has 0 aliphatic carbocycles. The topological polar surface area (TPSA) is 175 Å². The van der Waals surface area contributed by atoms with Crippen LogP contribution in [-0.4, -0.2) is 89.2 Å². The van der Waals surface area contributed by atoms with E-state index in [0.29, 0.717) is 19.3 Å². The van der Waals surface area contributed by atoms with Gasteiger partial charge in [-0.3, -0.25) is 14.4 Å². The van der Waals surface area contributed by atoms with Gasteiger partial charge in [-0.2, -0.15) is 0 Å². The number of aliphatic hydroxyl groups excluding tert-OH is 2. The molecule has 0 radical (unpaired) electrons. The van der Waals surface area contributed by atoms with Gasteiger partial charge in [-0.1, -0.05) is 215 Å². The van der Waals surface area contributed by atoms with E-state index < -0.39 is 67.3 Å². The fraction of sp³-hybridized carbons (Fsp3) is 0.714. The van der Waals surface area contributed by atoms with Gasteiger partial charge in [0.05, 0.1) is 6.61 Å². The zero-order valence-corrected chi connectivity index (χ0v) is 47.0. The van der Waals surface area contributed by atoms with Crippen LogP contribution in [0.5, 0.6) is 0 Å². The first-order chi connectivity index (χ1) is 36.6. The van der Waals surface area contributed by atoms with Gasteiger partial charge in [-0.15, -0.1) is 0 Å². The van der Waals surface area contributed by atoms with Crippen LogP contribution >= 0.6 is 0 Å². The summed E-state index contributed by atoms with van der Waals surface area (Å²) in [6.45, 7) is 5.79. The van der Waals surface area contributed by atoms with Crippen molar-refractivity contribution >= 4 is 23.9 Å². The Balaban J connectivity index is 2.71. The van der Waals surface area contributed by atoms with Crippen LogP contribution in [0.2, 0.25) is 0 Å². The lowest BCUT2D eigenvalue weighted by atomic mass is 9.98. The molecule has 1 rings (SSSR count). The molecule has 1 fully saturated rings. The van der Waals surface area contributed by atoms with Crippen molar-refractivity contribution in [2.75, 3.05) is 13.2 Å². The summed E-state index contributed by atoms with van der Waals surface area (Å²) in [5.41, 5.74) is 0. The van der Waals surface area contributed by atoms with E-state index in [0.717, 1.165) is 122 Å². The molecule has 0 saturated carbocycles. The predicted octanol–water partition coefficient (Wildman–Crippen LogP) is 15.1. The van der Waals surface area contributed by atoms with E-state index in [1.54, 1.807) is 0 Å². The lowest BCUT2D eigenvalue weighted by Crippen LogP contribution is -2.61. The van der Waals surface area contributed by atoms with Crippen molar-refractivity contribution in [3.63, 3.8) is 0 Å². The normalized spacial score (nSPS) is 18.8. The highest BCUT2D eigenvalue weighted by Gasteiger charge is 2.50. The maximum atomic E-state index is 13.1. The largest absolute Gasteiger partial charge is 0.479 e. The second-order valence-corrected chi connectivity index (χ2v) is 19.9. The zero-order valence-electron chi connectivity index (χ0n) is 47.0. The van der Waals surface area contributed by atoms with Crippen molar-refractivity contribution in [3.8, 4) is 0 Å². The van der Waals surface area contributed by atoms with Crippen LogP contribution in [-0.2, 0) is 42.9 Å². The molecule has 0 aromatic heterocycles. The summed E-state index contributed by atoms with van der Waals surface area (Å²) in [6, 6.07) is 0. The number of esters is 3. The number of carbonyl (C=O) groups excluding carboxylic acids is 3. The molecule has 0 amide bonds. The van der Waals surface area contributed by atoms with Gasteiger partial charge in [0.2, 0.25) is 0 Å². The average molecular weight is 1050 g/mol. The molecular formula is C63H104O12. The van der Waals surface area contributed by atoms with Crippen molar-refractivity contribution < 1.29 is 58.2 Å². The molecule has 1 aliphatic heterocycles. The van der Waals surface area contributed by atoms with E-state index in [9.17, 15) is 34.5 Å². The molecule has 1 saturated heterocycles. The number of carboxylic acids is 1. The molecule has 6 unspecified atom stereocenters. The third-order valence-electron chi connectivity index (χ3n) is 12.9. The maximum absolute atomic E-state index is 13.1. The summed E-state index contributed by atoms with van der Waals surface area (Å²) in [7, 11) is 0. The zero-order chi connectivity index (χ0) is 54.7. The first-order valence-electron chi connectivity index (χ1n) is 29.6. The van der Waals surface area contributed by atoms with Gasteiger partial charge in [-0.25, -0.2) is 4.79 Å². The highest BCUT2D eigenvalue weighted by atomic mass is 16.7. The molecule has 1 aliphatic rings. The number of allylic oxidation sites excluding steroid dienone is 14. The minimum atomic E-state index is -1.92. The number of unbranched alkanes of at least 4 members (excludes halogenated alkanes) is 21. The standard InChI is InChI=1S/C63H104O12/c1-4-7-10-13-16-19-22-25-26-27-28-29-30-33-36-39-42-45-48-51-57(66)74-61-59(68)58(67)60(62(69)70)75-63(61)72-53-54(73-56(65)50-47-44-41-38-35-32-24-21-18-15-12-9-6-3)52-71-55(64)49-46-43-40-37-34-31-23-20-17-14-11-8-5-2/h7,10-11,14,16,19-20,23,25-26,28-29,33,36,54,58-61,63,67-68H,4-6,8-9,12-13,15,17-18,21-22,24,27,30-32,34-35,37-53H2,1-3H3,(H,69,70)/b10-7-,14-11-,19-16-,23-20-,26-25-,29-28-,36-33-. The summed E-state index contributed by atoms with van der Waals surface area (Å²) < 4.78 is 28.4. The Morgan fingerprint density at radius 1 is 0.453 bits per heavy atom. The summed E-state index contributed by atoms with van der Waals surface area (Å²) in [5.74, 6) is -3.18. The minimum absolute atomic E-state index is 0.0179. The van der Waals surface area contributed by atoms with E-state index in [-0.39, 0.29) is 25.9 Å². The van der Waals surface area contributed by atoms with Gasteiger partial charge in [0.1, 0.15) is 18.8 Å². The molecule has 0 bridgehead atoms. The fourth-order valence-electron chi connectivity index (χ4n) is 8.43. The summed E-state index contributed by atoms with van der Waals surface area (Å²) in [5, 5.41) is 31.5. The Hall–Kier alpha value is -4.10. The average Bonchev–Trinajstić information content (AvgIpc) is 3.39. The number of carboxylic acid groups (broad SMARTS) is 1. The van der Waals surface area contributed by atoms with Crippen molar-refractivity contribution in [2.24, 2.45) is 0 Å². The fourth-order valence-corrected chi connectivity index (χ4v) is 8.43. The maximum Gasteiger partial charge on any atom is 0.335 e. The van der Waals surface area contributed by atoms with Crippen LogP contribution < -0.4 is 0 Å². The SMILES string of the molecule is CC/C=C\C/C=C\C/C=C\C/C=C\C/C=C\CCCCCC(=O)OC1C(OCC(COC(=O)CCCCCCC/C=C\C/C=C\CCC)OC(=O)CCCCCCCCCCCCCCC)OC(C(=O)O)C(O)C1O. The molecule has 0 aromatic rings. The molecule has 3 N–H and O–H groups in total. The van der Waals surface area contributed by atoms with E-state index in [1.165, 1.54) is 57.8 Å². The van der Waals surface area contributed by atoms with Gasteiger partial charge < -0.3 is 39.0 Å². The van der Waals surface area contributed by atoms with Gasteiger partial charge >= 0.3 is 23.9 Å². The Kier molecular flexibility index (Phi) is 46.6. The third kappa shape index (κ3) is 40.8.